The second kappa shape index (κ2) is 7.42. The highest BCUT2D eigenvalue weighted by Gasteiger charge is 2.25. The van der Waals surface area contributed by atoms with Gasteiger partial charge >= 0.3 is 0 Å². The molecule has 2 nitrogen and oxygen atoms in total. The second-order valence-corrected chi connectivity index (χ2v) is 7.25. The average molecular weight is 288 g/mol. The fourth-order valence-corrected chi connectivity index (χ4v) is 3.45. The summed E-state index contributed by atoms with van der Waals surface area (Å²) in [5, 5.41) is 0. The molecule has 1 aromatic rings. The summed E-state index contributed by atoms with van der Waals surface area (Å²) in [5.74, 6) is 1.44. The monoisotopic (exact) mass is 288 g/mol. The van der Waals surface area contributed by atoms with Crippen molar-refractivity contribution < 1.29 is 0 Å². The van der Waals surface area contributed by atoms with Crippen molar-refractivity contribution in [2.45, 2.75) is 59.0 Å². The lowest BCUT2D eigenvalue weighted by Gasteiger charge is -2.37. The Morgan fingerprint density at radius 1 is 1.05 bits per heavy atom. The van der Waals surface area contributed by atoms with Gasteiger partial charge in [0.2, 0.25) is 0 Å². The predicted molar refractivity (Wildman–Crippen MR) is 91.3 cm³/mol. The number of nitrogens with two attached hydrogens (primary N) is 1. The standard InChI is InChI=1S/C19H32N2/c1-14(2)13-17-5-7-19(8-6-17)16(4)21-11-9-18(10-12-21)15(3)20/h5-8,14-16,18H,9-13,20H2,1-4H3. The molecule has 118 valence electrons. The van der Waals surface area contributed by atoms with Crippen LogP contribution < -0.4 is 5.73 Å². The minimum absolute atomic E-state index is 0.345. The molecule has 2 N–H and O–H groups in total. The Bertz CT molecular complexity index is 414. The molecule has 0 saturated carbocycles. The van der Waals surface area contributed by atoms with Gasteiger partial charge in [0.1, 0.15) is 0 Å². The number of likely N-dealkylation sites (tertiary alicyclic amines) is 1. The summed E-state index contributed by atoms with van der Waals surface area (Å²) >= 11 is 0. The van der Waals surface area contributed by atoms with E-state index in [1.807, 2.05) is 0 Å². The zero-order valence-corrected chi connectivity index (χ0v) is 14.2. The lowest BCUT2D eigenvalue weighted by atomic mass is 9.89. The molecule has 0 radical (unpaired) electrons. The molecule has 1 fully saturated rings. The van der Waals surface area contributed by atoms with Crippen LogP contribution in [0.4, 0.5) is 0 Å². The van der Waals surface area contributed by atoms with E-state index < -0.39 is 0 Å². The van der Waals surface area contributed by atoms with Crippen LogP contribution in [0, 0.1) is 11.8 Å². The van der Waals surface area contributed by atoms with Crippen LogP contribution in [0.15, 0.2) is 24.3 Å². The summed E-state index contributed by atoms with van der Waals surface area (Å²) in [5.41, 5.74) is 8.94. The van der Waals surface area contributed by atoms with Gasteiger partial charge in [-0.25, -0.2) is 0 Å². The molecule has 2 rings (SSSR count). The van der Waals surface area contributed by atoms with Crippen molar-refractivity contribution in [2.75, 3.05) is 13.1 Å². The van der Waals surface area contributed by atoms with Crippen molar-refractivity contribution in [1.29, 1.82) is 0 Å². The Labute approximate surface area is 130 Å². The number of piperidine rings is 1. The van der Waals surface area contributed by atoms with E-state index in [9.17, 15) is 0 Å². The molecule has 1 saturated heterocycles. The Hall–Kier alpha value is -0.860. The highest BCUT2D eigenvalue weighted by molar-refractivity contribution is 5.25. The lowest BCUT2D eigenvalue weighted by Crippen LogP contribution is -2.40. The third-order valence-electron chi connectivity index (χ3n) is 4.97. The van der Waals surface area contributed by atoms with Crippen molar-refractivity contribution in [3.63, 3.8) is 0 Å². The van der Waals surface area contributed by atoms with E-state index in [1.54, 1.807) is 0 Å². The molecule has 0 spiro atoms. The normalized spacial score (nSPS) is 20.7. The molecule has 2 unspecified atom stereocenters. The molecule has 0 aromatic heterocycles. The van der Waals surface area contributed by atoms with Gasteiger partial charge in [-0.15, -0.1) is 0 Å². The first-order valence-corrected chi connectivity index (χ1v) is 8.56. The second-order valence-electron chi connectivity index (χ2n) is 7.25. The van der Waals surface area contributed by atoms with Gasteiger partial charge in [-0.05, 0) is 69.2 Å². The summed E-state index contributed by atoms with van der Waals surface area (Å²) in [4.78, 5) is 2.61. The lowest BCUT2D eigenvalue weighted by molar-refractivity contribution is 0.132. The van der Waals surface area contributed by atoms with Gasteiger partial charge in [0.15, 0.2) is 0 Å². The van der Waals surface area contributed by atoms with E-state index in [1.165, 1.54) is 43.5 Å². The Morgan fingerprint density at radius 3 is 2.10 bits per heavy atom. The van der Waals surface area contributed by atoms with Gasteiger partial charge in [0.25, 0.3) is 0 Å². The predicted octanol–water partition coefficient (Wildman–Crippen LogP) is 4.01. The molecule has 1 aromatic carbocycles. The molecule has 2 heteroatoms. The smallest absolute Gasteiger partial charge is 0.0319 e. The van der Waals surface area contributed by atoms with Gasteiger partial charge in [0.05, 0.1) is 0 Å². The third-order valence-corrected chi connectivity index (χ3v) is 4.97. The summed E-state index contributed by atoms with van der Waals surface area (Å²) in [6, 6.07) is 10.1. The summed E-state index contributed by atoms with van der Waals surface area (Å²) in [6.45, 7) is 11.4. The van der Waals surface area contributed by atoms with Crippen LogP contribution in [0.3, 0.4) is 0 Å². The van der Waals surface area contributed by atoms with Crippen LogP contribution in [-0.4, -0.2) is 24.0 Å². The number of benzene rings is 1. The van der Waals surface area contributed by atoms with Crippen LogP contribution in [0.25, 0.3) is 0 Å². The van der Waals surface area contributed by atoms with E-state index in [0.717, 1.165) is 5.92 Å². The summed E-state index contributed by atoms with van der Waals surface area (Å²) in [6.07, 6.45) is 3.66. The van der Waals surface area contributed by atoms with Gasteiger partial charge in [0, 0.05) is 12.1 Å². The summed E-state index contributed by atoms with van der Waals surface area (Å²) < 4.78 is 0. The molecule has 1 heterocycles. The van der Waals surface area contributed by atoms with Crippen LogP contribution in [0.2, 0.25) is 0 Å². The Morgan fingerprint density at radius 2 is 1.62 bits per heavy atom. The molecular formula is C19H32N2. The van der Waals surface area contributed by atoms with Crippen LogP contribution in [-0.2, 0) is 6.42 Å². The molecule has 1 aliphatic rings. The molecule has 0 bridgehead atoms. The number of nitrogens with zero attached hydrogens (tertiary/aromatic N) is 1. The van der Waals surface area contributed by atoms with Gasteiger partial charge in [-0.2, -0.15) is 0 Å². The molecule has 0 amide bonds. The van der Waals surface area contributed by atoms with E-state index in [4.69, 9.17) is 5.73 Å². The quantitative estimate of drug-likeness (QED) is 0.887. The van der Waals surface area contributed by atoms with E-state index >= 15 is 0 Å². The van der Waals surface area contributed by atoms with Crippen molar-refractivity contribution >= 4 is 0 Å². The number of hydrogen-bond acceptors (Lipinski definition) is 2. The average Bonchev–Trinajstić information content (AvgIpc) is 2.47. The van der Waals surface area contributed by atoms with Crippen LogP contribution in [0.5, 0.6) is 0 Å². The maximum atomic E-state index is 6.04. The first-order chi connectivity index (χ1) is 9.97. The third kappa shape index (κ3) is 4.55. The van der Waals surface area contributed by atoms with Crippen molar-refractivity contribution in [3.05, 3.63) is 35.4 Å². The number of rotatable bonds is 5. The topological polar surface area (TPSA) is 29.3 Å². The molecule has 2 atom stereocenters. The van der Waals surface area contributed by atoms with Crippen molar-refractivity contribution in [3.8, 4) is 0 Å². The largest absolute Gasteiger partial charge is 0.328 e. The SMILES string of the molecule is CC(C)Cc1ccc(C(C)N2CCC(C(C)N)CC2)cc1. The first kappa shape index (κ1) is 16.5. The first-order valence-electron chi connectivity index (χ1n) is 8.56. The zero-order chi connectivity index (χ0) is 15.4. The van der Waals surface area contributed by atoms with Crippen molar-refractivity contribution in [1.82, 2.24) is 4.90 Å². The molecular weight excluding hydrogens is 256 g/mol. The van der Waals surface area contributed by atoms with Crippen LogP contribution >= 0.6 is 0 Å². The number of hydrogen-bond donors (Lipinski definition) is 1. The molecule has 0 aliphatic carbocycles. The van der Waals surface area contributed by atoms with Crippen molar-refractivity contribution in [2.24, 2.45) is 17.6 Å². The van der Waals surface area contributed by atoms with Crippen LogP contribution in [0.1, 0.15) is 57.7 Å². The van der Waals surface area contributed by atoms with Gasteiger partial charge in [-0.3, -0.25) is 4.90 Å². The molecule has 21 heavy (non-hydrogen) atoms. The highest BCUT2D eigenvalue weighted by atomic mass is 15.2. The van der Waals surface area contributed by atoms with Gasteiger partial charge < -0.3 is 5.73 Å². The minimum atomic E-state index is 0.345. The van der Waals surface area contributed by atoms with E-state index in [2.05, 4.69) is 56.9 Å². The maximum absolute atomic E-state index is 6.04. The molecule has 1 aliphatic heterocycles. The van der Waals surface area contributed by atoms with E-state index in [-0.39, 0.29) is 0 Å². The highest BCUT2D eigenvalue weighted by Crippen LogP contribution is 2.28. The maximum Gasteiger partial charge on any atom is 0.0319 e. The fourth-order valence-electron chi connectivity index (χ4n) is 3.45. The zero-order valence-electron chi connectivity index (χ0n) is 14.2. The van der Waals surface area contributed by atoms with Gasteiger partial charge in [-0.1, -0.05) is 38.1 Å². The fraction of sp³-hybridized carbons (Fsp3) is 0.684. The van der Waals surface area contributed by atoms with E-state index in [0.29, 0.717) is 18.0 Å². The summed E-state index contributed by atoms with van der Waals surface area (Å²) in [7, 11) is 0. The Kier molecular flexibility index (Phi) is 5.83. The Balaban J connectivity index is 1.93. The minimum Gasteiger partial charge on any atom is -0.328 e.